The summed E-state index contributed by atoms with van der Waals surface area (Å²) >= 11 is 0. The second-order valence-electron chi connectivity index (χ2n) is 9.63. The summed E-state index contributed by atoms with van der Waals surface area (Å²) in [5.74, 6) is -0.0609. The number of halogens is 1. The molecule has 0 fully saturated rings. The standard InChI is InChI=1S/C28H31FN2O3/c1-3-34-28(33)17-31-25-10-8-21(29)15-23(25)24-16-22(9-11-26(24)31)30(2)27(32)14-18-12-19-6-4-5-7-20(19)13-18/h4-8,10,15,18,22H,3,9,11-14,16-17H2,1-2H3/t22-/m0/s1. The van der Waals surface area contributed by atoms with Gasteiger partial charge in [0.15, 0.2) is 0 Å². The lowest BCUT2D eigenvalue weighted by Crippen LogP contribution is -2.41. The summed E-state index contributed by atoms with van der Waals surface area (Å²) in [6, 6.07) is 13.2. The van der Waals surface area contributed by atoms with Gasteiger partial charge in [0, 0.05) is 36.1 Å². The number of rotatable bonds is 6. The number of ether oxygens (including phenoxy) is 1. The molecule has 0 spiro atoms. The van der Waals surface area contributed by atoms with Gasteiger partial charge in [0.25, 0.3) is 0 Å². The number of likely N-dealkylation sites (N-methyl/N-ethyl adjacent to an activating group) is 1. The van der Waals surface area contributed by atoms with Crippen LogP contribution in [0.3, 0.4) is 0 Å². The predicted octanol–water partition coefficient (Wildman–Crippen LogP) is 4.46. The van der Waals surface area contributed by atoms with E-state index in [9.17, 15) is 14.0 Å². The molecule has 0 bridgehead atoms. The Hall–Kier alpha value is -3.15. The average molecular weight is 463 g/mol. The Kier molecular flexibility index (Phi) is 6.15. The monoisotopic (exact) mass is 462 g/mol. The number of carbonyl (C=O) groups excluding carboxylic acids is 2. The molecule has 3 aromatic rings. The van der Waals surface area contributed by atoms with Crippen LogP contribution in [0.5, 0.6) is 0 Å². The third-order valence-corrected chi connectivity index (χ3v) is 7.54. The summed E-state index contributed by atoms with van der Waals surface area (Å²) in [4.78, 5) is 27.3. The van der Waals surface area contributed by atoms with Gasteiger partial charge in [0.1, 0.15) is 12.4 Å². The first kappa shape index (κ1) is 22.6. The number of fused-ring (bicyclic) bond motifs is 4. The van der Waals surface area contributed by atoms with Crippen LogP contribution in [-0.2, 0) is 46.6 Å². The number of amides is 1. The van der Waals surface area contributed by atoms with Gasteiger partial charge in [-0.15, -0.1) is 0 Å². The minimum atomic E-state index is -0.295. The quantitative estimate of drug-likeness (QED) is 0.508. The van der Waals surface area contributed by atoms with Crippen molar-refractivity contribution in [2.75, 3.05) is 13.7 Å². The van der Waals surface area contributed by atoms with E-state index in [0.29, 0.717) is 25.4 Å². The zero-order valence-electron chi connectivity index (χ0n) is 19.9. The molecule has 5 rings (SSSR count). The molecule has 1 atom stereocenters. The first-order valence-electron chi connectivity index (χ1n) is 12.2. The minimum Gasteiger partial charge on any atom is -0.465 e. The molecule has 2 aliphatic carbocycles. The summed E-state index contributed by atoms with van der Waals surface area (Å²) in [5, 5.41) is 0.830. The molecule has 2 aromatic carbocycles. The van der Waals surface area contributed by atoms with Crippen molar-refractivity contribution in [3.05, 3.63) is 70.7 Å². The van der Waals surface area contributed by atoms with Crippen LogP contribution >= 0.6 is 0 Å². The summed E-state index contributed by atoms with van der Waals surface area (Å²) in [7, 11) is 1.90. The van der Waals surface area contributed by atoms with E-state index in [1.54, 1.807) is 19.1 Å². The van der Waals surface area contributed by atoms with Crippen molar-refractivity contribution in [2.24, 2.45) is 5.92 Å². The van der Waals surface area contributed by atoms with Crippen LogP contribution in [-0.4, -0.2) is 41.0 Å². The van der Waals surface area contributed by atoms with Gasteiger partial charge < -0.3 is 14.2 Å². The number of hydrogen-bond acceptors (Lipinski definition) is 3. The summed E-state index contributed by atoms with van der Waals surface area (Å²) < 4.78 is 21.3. The van der Waals surface area contributed by atoms with Crippen LogP contribution < -0.4 is 0 Å². The van der Waals surface area contributed by atoms with Crippen LogP contribution in [0, 0.1) is 11.7 Å². The van der Waals surface area contributed by atoms with E-state index in [1.165, 1.54) is 17.2 Å². The molecule has 0 N–H and O–H groups in total. The van der Waals surface area contributed by atoms with E-state index in [4.69, 9.17) is 4.74 Å². The number of benzene rings is 2. The molecule has 0 saturated heterocycles. The Morgan fingerprint density at radius 1 is 1.12 bits per heavy atom. The lowest BCUT2D eigenvalue weighted by atomic mass is 9.90. The van der Waals surface area contributed by atoms with E-state index in [0.717, 1.165) is 47.8 Å². The van der Waals surface area contributed by atoms with Gasteiger partial charge in [0.05, 0.1) is 6.61 Å². The van der Waals surface area contributed by atoms with Crippen LogP contribution in [0.25, 0.3) is 10.9 Å². The minimum absolute atomic E-state index is 0.0636. The third kappa shape index (κ3) is 4.22. The summed E-state index contributed by atoms with van der Waals surface area (Å²) in [6.07, 6.45) is 4.70. The molecule has 0 unspecified atom stereocenters. The fourth-order valence-electron chi connectivity index (χ4n) is 5.84. The van der Waals surface area contributed by atoms with Crippen molar-refractivity contribution >= 4 is 22.8 Å². The second kappa shape index (κ2) is 9.24. The number of carbonyl (C=O) groups is 2. The van der Waals surface area contributed by atoms with Crippen molar-refractivity contribution in [2.45, 2.75) is 58.0 Å². The fraction of sp³-hybridized carbons (Fsp3) is 0.429. The van der Waals surface area contributed by atoms with Crippen molar-refractivity contribution in [1.82, 2.24) is 9.47 Å². The smallest absolute Gasteiger partial charge is 0.325 e. The molecule has 0 aliphatic heterocycles. The lowest BCUT2D eigenvalue weighted by Gasteiger charge is -2.32. The fourth-order valence-corrected chi connectivity index (χ4v) is 5.84. The highest BCUT2D eigenvalue weighted by molar-refractivity contribution is 5.87. The third-order valence-electron chi connectivity index (χ3n) is 7.54. The number of nitrogens with zero attached hydrogens (tertiary/aromatic N) is 2. The molecule has 1 amide bonds. The first-order chi connectivity index (χ1) is 16.4. The van der Waals surface area contributed by atoms with Crippen LogP contribution in [0.2, 0.25) is 0 Å². The van der Waals surface area contributed by atoms with Gasteiger partial charge in [-0.25, -0.2) is 4.39 Å². The van der Waals surface area contributed by atoms with E-state index in [1.807, 2.05) is 16.5 Å². The van der Waals surface area contributed by atoms with Gasteiger partial charge in [-0.1, -0.05) is 24.3 Å². The molecule has 178 valence electrons. The molecule has 34 heavy (non-hydrogen) atoms. The normalized spacial score (nSPS) is 17.4. The maximum absolute atomic E-state index is 14.2. The molecule has 0 radical (unpaired) electrons. The van der Waals surface area contributed by atoms with Crippen LogP contribution in [0.1, 0.15) is 42.1 Å². The maximum atomic E-state index is 14.2. The number of hydrogen-bond donors (Lipinski definition) is 0. The SMILES string of the molecule is CCOC(=O)Cn1c2c(c3cc(F)ccc31)C[C@@H](N(C)C(=O)CC1Cc3ccccc3C1)CC2. The Labute approximate surface area is 199 Å². The van der Waals surface area contributed by atoms with Gasteiger partial charge in [-0.3, -0.25) is 9.59 Å². The molecule has 0 saturated carbocycles. The first-order valence-corrected chi connectivity index (χ1v) is 12.2. The molecular formula is C28H31FN2O3. The van der Waals surface area contributed by atoms with Crippen molar-refractivity contribution in [3.8, 4) is 0 Å². The number of esters is 1. The van der Waals surface area contributed by atoms with Gasteiger partial charge in [0.2, 0.25) is 5.91 Å². The highest BCUT2D eigenvalue weighted by Gasteiger charge is 2.32. The molecular weight excluding hydrogens is 431 g/mol. The molecule has 1 aromatic heterocycles. The average Bonchev–Trinajstić information content (AvgIpc) is 3.36. The van der Waals surface area contributed by atoms with Gasteiger partial charge in [-0.05, 0) is 79.8 Å². The van der Waals surface area contributed by atoms with Crippen LogP contribution in [0.15, 0.2) is 42.5 Å². The van der Waals surface area contributed by atoms with Gasteiger partial charge in [-0.2, -0.15) is 0 Å². The summed E-state index contributed by atoms with van der Waals surface area (Å²) in [5.41, 5.74) is 5.67. The second-order valence-corrected chi connectivity index (χ2v) is 9.63. The Morgan fingerprint density at radius 3 is 2.56 bits per heavy atom. The summed E-state index contributed by atoms with van der Waals surface area (Å²) in [6.45, 7) is 2.24. The zero-order chi connectivity index (χ0) is 23.8. The highest BCUT2D eigenvalue weighted by atomic mass is 19.1. The van der Waals surface area contributed by atoms with Crippen molar-refractivity contribution < 1.29 is 18.7 Å². The van der Waals surface area contributed by atoms with E-state index < -0.39 is 0 Å². The Bertz CT molecular complexity index is 1220. The Balaban J connectivity index is 1.34. The molecule has 5 nitrogen and oxygen atoms in total. The van der Waals surface area contributed by atoms with Crippen molar-refractivity contribution in [1.29, 1.82) is 0 Å². The van der Waals surface area contributed by atoms with E-state index in [2.05, 4.69) is 24.3 Å². The topological polar surface area (TPSA) is 51.5 Å². The van der Waals surface area contributed by atoms with E-state index >= 15 is 0 Å². The van der Waals surface area contributed by atoms with Crippen molar-refractivity contribution in [3.63, 3.8) is 0 Å². The Morgan fingerprint density at radius 2 is 1.85 bits per heavy atom. The maximum Gasteiger partial charge on any atom is 0.325 e. The predicted molar refractivity (Wildman–Crippen MR) is 129 cm³/mol. The molecule has 6 heteroatoms. The van der Waals surface area contributed by atoms with Crippen LogP contribution in [0.4, 0.5) is 4.39 Å². The van der Waals surface area contributed by atoms with E-state index in [-0.39, 0.29) is 30.3 Å². The molecule has 2 aliphatic rings. The van der Waals surface area contributed by atoms with Gasteiger partial charge >= 0.3 is 5.97 Å². The number of aromatic nitrogens is 1. The highest BCUT2D eigenvalue weighted by Crippen LogP contribution is 2.35. The zero-order valence-corrected chi connectivity index (χ0v) is 19.9. The largest absolute Gasteiger partial charge is 0.465 e. The molecule has 1 heterocycles. The lowest BCUT2D eigenvalue weighted by molar-refractivity contribution is -0.143.